The molecule has 0 aliphatic carbocycles. The molecule has 34 heavy (non-hydrogen) atoms. The maximum Gasteiger partial charge on any atom is 0.268 e. The van der Waals surface area contributed by atoms with Crippen LogP contribution in [-0.2, 0) is 0 Å². The molecule has 1 aliphatic rings. The van der Waals surface area contributed by atoms with Gasteiger partial charge in [-0.05, 0) is 81.6 Å². The predicted octanol–water partition coefficient (Wildman–Crippen LogP) is 5.36. The van der Waals surface area contributed by atoms with Gasteiger partial charge in [0.25, 0.3) is 11.8 Å². The van der Waals surface area contributed by atoms with Crippen molar-refractivity contribution in [2.24, 2.45) is 0 Å². The maximum atomic E-state index is 13.6. The van der Waals surface area contributed by atoms with Crippen molar-refractivity contribution in [2.75, 3.05) is 6.54 Å². The molecule has 1 unspecified atom stereocenters. The molecule has 5 rings (SSSR count). The maximum absolute atomic E-state index is 13.6. The van der Waals surface area contributed by atoms with Gasteiger partial charge in [0, 0.05) is 36.2 Å². The van der Waals surface area contributed by atoms with Crippen molar-refractivity contribution in [2.45, 2.75) is 46.1 Å². The number of piperidine rings is 1. The fourth-order valence-electron chi connectivity index (χ4n) is 4.54. The minimum Gasteiger partial charge on any atom is -0.420 e. The van der Waals surface area contributed by atoms with Crippen LogP contribution in [0.1, 0.15) is 48.0 Å². The van der Waals surface area contributed by atoms with Crippen molar-refractivity contribution < 1.29 is 13.6 Å². The van der Waals surface area contributed by atoms with Gasteiger partial charge in [0.1, 0.15) is 5.82 Å². The Bertz CT molecular complexity index is 1320. The Kier molecular flexibility index (Phi) is 5.73. The molecule has 2 aromatic carbocycles. The average Bonchev–Trinajstić information content (AvgIpc) is 3.42. The van der Waals surface area contributed by atoms with Gasteiger partial charge >= 0.3 is 0 Å². The third kappa shape index (κ3) is 4.00. The molecule has 174 valence electrons. The third-order valence-corrected chi connectivity index (χ3v) is 6.39. The van der Waals surface area contributed by atoms with Crippen LogP contribution in [0.5, 0.6) is 0 Å². The zero-order valence-electron chi connectivity index (χ0n) is 19.5. The van der Waals surface area contributed by atoms with Crippen molar-refractivity contribution in [3.8, 4) is 28.5 Å². The number of rotatable bonds is 4. The minimum absolute atomic E-state index is 0.0520. The Morgan fingerprint density at radius 1 is 1.03 bits per heavy atom. The van der Waals surface area contributed by atoms with Gasteiger partial charge in [-0.1, -0.05) is 0 Å². The molecule has 1 aliphatic heterocycles. The first kappa shape index (κ1) is 22.0. The summed E-state index contributed by atoms with van der Waals surface area (Å²) < 4.78 is 21.0. The van der Waals surface area contributed by atoms with Crippen LogP contribution in [0.15, 0.2) is 52.9 Å². The molecule has 0 N–H and O–H groups in total. The molecule has 4 aromatic rings. The number of nitrogens with zero attached hydrogens (tertiary/aromatic N) is 5. The van der Waals surface area contributed by atoms with Gasteiger partial charge in [-0.2, -0.15) is 5.10 Å². The summed E-state index contributed by atoms with van der Waals surface area (Å²) in [7, 11) is 0. The van der Waals surface area contributed by atoms with E-state index >= 15 is 0 Å². The van der Waals surface area contributed by atoms with E-state index in [1.54, 1.807) is 23.7 Å². The van der Waals surface area contributed by atoms with E-state index in [2.05, 4.69) is 17.1 Å². The van der Waals surface area contributed by atoms with Crippen LogP contribution in [0.2, 0.25) is 0 Å². The molecule has 0 spiro atoms. The zero-order valence-corrected chi connectivity index (χ0v) is 19.5. The van der Waals surface area contributed by atoms with Crippen LogP contribution in [0.25, 0.3) is 28.5 Å². The van der Waals surface area contributed by atoms with E-state index in [-0.39, 0.29) is 17.8 Å². The van der Waals surface area contributed by atoms with Crippen LogP contribution in [0, 0.1) is 19.7 Å². The first-order valence-electron chi connectivity index (χ1n) is 11.5. The molecule has 0 saturated carbocycles. The lowest BCUT2D eigenvalue weighted by atomic mass is 10.0. The minimum atomic E-state index is -0.310. The Balaban J connectivity index is 1.56. The topological polar surface area (TPSA) is 77.1 Å². The highest BCUT2D eigenvalue weighted by Crippen LogP contribution is 2.33. The second kappa shape index (κ2) is 8.85. The first-order chi connectivity index (χ1) is 16.4. The lowest BCUT2D eigenvalue weighted by molar-refractivity contribution is 0.0635. The van der Waals surface area contributed by atoms with Crippen LogP contribution in [0.3, 0.4) is 0 Å². The number of carbonyl (C=O) groups excluding carboxylic acids is 1. The van der Waals surface area contributed by atoms with Crippen LogP contribution < -0.4 is 0 Å². The smallest absolute Gasteiger partial charge is 0.268 e. The summed E-state index contributed by atoms with van der Waals surface area (Å²) in [5, 5.41) is 12.8. The van der Waals surface area contributed by atoms with E-state index in [0.717, 1.165) is 48.3 Å². The second-order valence-corrected chi connectivity index (χ2v) is 8.76. The van der Waals surface area contributed by atoms with Gasteiger partial charge in [0.2, 0.25) is 5.89 Å². The number of likely N-dealkylation sites (tertiary alicyclic amines) is 1. The van der Waals surface area contributed by atoms with E-state index < -0.39 is 0 Å². The highest BCUT2D eigenvalue weighted by atomic mass is 19.1. The summed E-state index contributed by atoms with van der Waals surface area (Å²) >= 11 is 0. The molecule has 2 aromatic heterocycles. The highest BCUT2D eigenvalue weighted by Gasteiger charge is 2.25. The molecule has 3 heterocycles. The number of benzene rings is 2. The van der Waals surface area contributed by atoms with E-state index in [1.807, 2.05) is 36.1 Å². The molecule has 1 atom stereocenters. The van der Waals surface area contributed by atoms with Crippen molar-refractivity contribution in [3.63, 3.8) is 0 Å². The molecular formula is C26H26FN5O2. The largest absolute Gasteiger partial charge is 0.420 e. The fourth-order valence-corrected chi connectivity index (χ4v) is 4.54. The molecule has 1 fully saturated rings. The fraction of sp³-hybridized carbons (Fsp3) is 0.308. The van der Waals surface area contributed by atoms with Gasteiger partial charge in [-0.3, -0.25) is 4.79 Å². The highest BCUT2D eigenvalue weighted by molar-refractivity contribution is 5.94. The lowest BCUT2D eigenvalue weighted by Gasteiger charge is -2.33. The number of hydrogen-bond donors (Lipinski definition) is 0. The van der Waals surface area contributed by atoms with Crippen molar-refractivity contribution in [1.29, 1.82) is 0 Å². The van der Waals surface area contributed by atoms with Crippen molar-refractivity contribution in [3.05, 3.63) is 71.4 Å². The summed E-state index contributed by atoms with van der Waals surface area (Å²) in [5.74, 6) is 0.510. The Morgan fingerprint density at radius 3 is 2.41 bits per heavy atom. The van der Waals surface area contributed by atoms with Crippen molar-refractivity contribution in [1.82, 2.24) is 24.9 Å². The molecule has 8 heteroatoms. The quantitative estimate of drug-likeness (QED) is 0.411. The summed E-state index contributed by atoms with van der Waals surface area (Å²) in [4.78, 5) is 15.0. The standard InChI is InChI=1S/C26H26FN5O2/c1-16-6-4-5-15-31(16)26(33)20-9-13-22(14-10-20)32-24(19-7-11-21(27)12-8-19)17(2)23(30-32)25-29-28-18(3)34-25/h7-14,16H,4-6,15H2,1-3H3. The number of aromatic nitrogens is 4. The second-order valence-electron chi connectivity index (χ2n) is 8.76. The molecule has 0 radical (unpaired) electrons. The van der Waals surface area contributed by atoms with Crippen LogP contribution in [0.4, 0.5) is 4.39 Å². The number of carbonyl (C=O) groups is 1. The van der Waals surface area contributed by atoms with E-state index in [9.17, 15) is 9.18 Å². The van der Waals surface area contributed by atoms with E-state index in [4.69, 9.17) is 9.52 Å². The monoisotopic (exact) mass is 459 g/mol. The zero-order chi connectivity index (χ0) is 23.8. The van der Waals surface area contributed by atoms with Crippen LogP contribution in [-0.4, -0.2) is 43.4 Å². The van der Waals surface area contributed by atoms with E-state index in [0.29, 0.717) is 23.0 Å². The molecule has 1 amide bonds. The Morgan fingerprint density at radius 2 is 1.76 bits per heavy atom. The molecule has 0 bridgehead atoms. The summed E-state index contributed by atoms with van der Waals surface area (Å²) in [5.41, 5.74) is 4.40. The van der Waals surface area contributed by atoms with Gasteiger partial charge in [-0.25, -0.2) is 9.07 Å². The lowest BCUT2D eigenvalue weighted by Crippen LogP contribution is -2.42. The first-order valence-corrected chi connectivity index (χ1v) is 11.5. The SMILES string of the molecule is Cc1nnc(-c2nn(-c3ccc(C(=O)N4CCCCC4C)cc3)c(-c3ccc(F)cc3)c2C)o1. The van der Waals surface area contributed by atoms with E-state index in [1.165, 1.54) is 12.1 Å². The summed E-state index contributed by atoms with van der Waals surface area (Å²) in [6.45, 7) is 6.55. The summed E-state index contributed by atoms with van der Waals surface area (Å²) in [6.07, 6.45) is 3.24. The Hall–Kier alpha value is -3.81. The predicted molar refractivity (Wildman–Crippen MR) is 126 cm³/mol. The molecule has 7 nitrogen and oxygen atoms in total. The van der Waals surface area contributed by atoms with Gasteiger partial charge in [-0.15, -0.1) is 10.2 Å². The number of halogens is 1. The number of amides is 1. The molecule has 1 saturated heterocycles. The van der Waals surface area contributed by atoms with Crippen LogP contribution >= 0.6 is 0 Å². The van der Waals surface area contributed by atoms with Gasteiger partial charge < -0.3 is 9.32 Å². The molecular weight excluding hydrogens is 433 g/mol. The normalized spacial score (nSPS) is 16.1. The average molecular weight is 460 g/mol. The number of hydrogen-bond acceptors (Lipinski definition) is 5. The third-order valence-electron chi connectivity index (χ3n) is 6.39. The Labute approximate surface area is 197 Å². The van der Waals surface area contributed by atoms with Crippen molar-refractivity contribution >= 4 is 5.91 Å². The number of aryl methyl sites for hydroxylation is 1. The summed E-state index contributed by atoms with van der Waals surface area (Å²) in [6, 6.07) is 14.0. The van der Waals surface area contributed by atoms with Gasteiger partial charge in [0.05, 0.1) is 11.4 Å². The van der Waals surface area contributed by atoms with Gasteiger partial charge in [0.15, 0.2) is 5.69 Å².